The molecule has 2 N–H and O–H groups in total. The number of hydrogen-bond donors (Lipinski definition) is 2. The smallest absolute Gasteiger partial charge is 0.324 e. The van der Waals surface area contributed by atoms with E-state index in [2.05, 4.69) is 15.3 Å². The first-order valence-corrected chi connectivity index (χ1v) is 7.51. The number of hydrogen-bond acceptors (Lipinski definition) is 3. The summed E-state index contributed by atoms with van der Waals surface area (Å²) < 4.78 is 38.5. The molecule has 0 saturated heterocycles. The van der Waals surface area contributed by atoms with E-state index in [9.17, 15) is 18.0 Å². The summed E-state index contributed by atoms with van der Waals surface area (Å²) in [6.45, 7) is 0. The molecule has 0 aliphatic heterocycles. The van der Waals surface area contributed by atoms with Gasteiger partial charge in [-0.2, -0.15) is 13.2 Å². The van der Waals surface area contributed by atoms with Crippen LogP contribution >= 0.6 is 11.6 Å². The third-order valence-corrected chi connectivity index (χ3v) is 3.69. The Balaban J connectivity index is 1.99. The zero-order valence-corrected chi connectivity index (χ0v) is 13.3. The summed E-state index contributed by atoms with van der Waals surface area (Å²) in [6, 6.07) is 13.1. The van der Waals surface area contributed by atoms with Crippen LogP contribution < -0.4 is 10.9 Å². The SMILES string of the molecule is O=c1cc(-c2ccccc2)nc(Nc2cc(C(F)(F)F)ccc2Cl)[nH]1. The number of alkyl halides is 3. The summed E-state index contributed by atoms with van der Waals surface area (Å²) in [6.07, 6.45) is -4.51. The third-order valence-electron chi connectivity index (χ3n) is 3.36. The Labute approximate surface area is 145 Å². The van der Waals surface area contributed by atoms with Gasteiger partial charge in [0.15, 0.2) is 0 Å². The van der Waals surface area contributed by atoms with E-state index < -0.39 is 17.3 Å². The molecule has 0 radical (unpaired) electrons. The van der Waals surface area contributed by atoms with E-state index in [1.807, 2.05) is 6.07 Å². The lowest BCUT2D eigenvalue weighted by Gasteiger charge is -2.12. The highest BCUT2D eigenvalue weighted by molar-refractivity contribution is 6.33. The monoisotopic (exact) mass is 365 g/mol. The van der Waals surface area contributed by atoms with Crippen LogP contribution in [0.5, 0.6) is 0 Å². The number of nitrogens with one attached hydrogen (secondary N) is 2. The number of benzene rings is 2. The van der Waals surface area contributed by atoms with Gasteiger partial charge in [-0.15, -0.1) is 0 Å². The molecule has 8 heteroatoms. The first-order chi connectivity index (χ1) is 11.8. The fourth-order valence-electron chi connectivity index (χ4n) is 2.20. The first-order valence-electron chi connectivity index (χ1n) is 7.13. The van der Waals surface area contributed by atoms with Crippen molar-refractivity contribution in [2.75, 3.05) is 5.32 Å². The summed E-state index contributed by atoms with van der Waals surface area (Å²) in [5.41, 5.74) is -0.230. The summed E-state index contributed by atoms with van der Waals surface area (Å²) in [5.74, 6) is -0.00687. The molecule has 0 saturated carbocycles. The van der Waals surface area contributed by atoms with Crippen LogP contribution in [0.1, 0.15) is 5.56 Å². The Morgan fingerprint density at radius 3 is 2.44 bits per heavy atom. The first kappa shape index (κ1) is 17.0. The molecule has 0 atom stereocenters. The van der Waals surface area contributed by atoms with Crippen LogP contribution in [0, 0.1) is 0 Å². The van der Waals surface area contributed by atoms with E-state index in [0.717, 1.165) is 18.2 Å². The molecule has 1 aromatic heterocycles. The molecule has 3 aromatic rings. The molecule has 0 aliphatic rings. The maximum Gasteiger partial charge on any atom is 0.416 e. The van der Waals surface area contributed by atoms with Gasteiger partial charge in [0.1, 0.15) is 0 Å². The summed E-state index contributed by atoms with van der Waals surface area (Å²) >= 11 is 5.94. The zero-order chi connectivity index (χ0) is 18.0. The molecule has 4 nitrogen and oxygen atoms in total. The maximum absolute atomic E-state index is 12.8. The molecular formula is C17H11ClF3N3O. The average Bonchev–Trinajstić information content (AvgIpc) is 2.56. The molecule has 2 aromatic carbocycles. The van der Waals surface area contributed by atoms with Crippen LogP contribution in [-0.2, 0) is 6.18 Å². The van der Waals surface area contributed by atoms with Gasteiger partial charge in [0, 0.05) is 11.6 Å². The summed E-state index contributed by atoms with van der Waals surface area (Å²) in [7, 11) is 0. The van der Waals surface area contributed by atoms with Crippen molar-refractivity contribution >= 4 is 23.2 Å². The quantitative estimate of drug-likeness (QED) is 0.697. The Hall–Kier alpha value is -2.80. The summed E-state index contributed by atoms with van der Waals surface area (Å²) in [4.78, 5) is 18.5. The Kier molecular flexibility index (Phi) is 4.50. The average molecular weight is 366 g/mol. The van der Waals surface area contributed by atoms with Crippen molar-refractivity contribution in [2.24, 2.45) is 0 Å². The number of H-pyrrole nitrogens is 1. The van der Waals surface area contributed by atoms with E-state index in [1.54, 1.807) is 24.3 Å². The van der Waals surface area contributed by atoms with E-state index >= 15 is 0 Å². The van der Waals surface area contributed by atoms with Gasteiger partial charge in [0.25, 0.3) is 5.56 Å². The predicted molar refractivity (Wildman–Crippen MR) is 90.0 cm³/mol. The minimum absolute atomic E-state index is 0.00687. The van der Waals surface area contributed by atoms with E-state index in [4.69, 9.17) is 11.6 Å². The number of anilines is 2. The van der Waals surface area contributed by atoms with Crippen LogP contribution in [0.3, 0.4) is 0 Å². The standard InChI is InChI=1S/C17H11ClF3N3O/c18-12-7-6-11(17(19,20)21)8-14(12)23-16-22-13(9-15(25)24-16)10-4-2-1-3-5-10/h1-9H,(H2,22,23,24,25). The fourth-order valence-corrected chi connectivity index (χ4v) is 2.36. The summed E-state index contributed by atoms with van der Waals surface area (Å²) in [5, 5.41) is 2.71. The van der Waals surface area contributed by atoms with Crippen molar-refractivity contribution in [3.05, 3.63) is 75.5 Å². The Morgan fingerprint density at radius 2 is 1.76 bits per heavy atom. The minimum atomic E-state index is -4.51. The van der Waals surface area contributed by atoms with E-state index in [-0.39, 0.29) is 16.7 Å². The van der Waals surface area contributed by atoms with Crippen molar-refractivity contribution < 1.29 is 13.2 Å². The molecule has 0 amide bonds. The number of nitrogens with zero attached hydrogens (tertiary/aromatic N) is 1. The molecule has 0 fully saturated rings. The second-order valence-corrected chi connectivity index (χ2v) is 5.57. The highest BCUT2D eigenvalue weighted by atomic mass is 35.5. The molecule has 1 heterocycles. The van der Waals surface area contributed by atoms with Crippen molar-refractivity contribution in [3.63, 3.8) is 0 Å². The largest absolute Gasteiger partial charge is 0.416 e. The fraction of sp³-hybridized carbons (Fsp3) is 0.0588. The number of halogens is 4. The van der Waals surface area contributed by atoms with Gasteiger partial charge in [0.2, 0.25) is 5.95 Å². The maximum atomic E-state index is 12.8. The second kappa shape index (κ2) is 6.60. The van der Waals surface area contributed by atoms with Gasteiger partial charge < -0.3 is 5.32 Å². The molecule has 0 bridgehead atoms. The molecule has 128 valence electrons. The van der Waals surface area contributed by atoms with Gasteiger partial charge in [-0.3, -0.25) is 9.78 Å². The van der Waals surface area contributed by atoms with Crippen LogP contribution in [0.4, 0.5) is 24.8 Å². The normalized spacial score (nSPS) is 11.4. The lowest BCUT2D eigenvalue weighted by molar-refractivity contribution is -0.137. The van der Waals surface area contributed by atoms with Gasteiger partial charge in [-0.1, -0.05) is 41.9 Å². The van der Waals surface area contributed by atoms with Gasteiger partial charge in [-0.25, -0.2) is 4.98 Å². The number of aromatic nitrogens is 2. The van der Waals surface area contributed by atoms with Crippen molar-refractivity contribution in [2.45, 2.75) is 6.18 Å². The van der Waals surface area contributed by atoms with Gasteiger partial charge >= 0.3 is 6.18 Å². The highest BCUT2D eigenvalue weighted by Crippen LogP contribution is 2.34. The second-order valence-electron chi connectivity index (χ2n) is 5.16. The minimum Gasteiger partial charge on any atom is -0.324 e. The van der Waals surface area contributed by atoms with Crippen LogP contribution in [0.2, 0.25) is 5.02 Å². The Morgan fingerprint density at radius 1 is 1.04 bits per heavy atom. The molecule has 25 heavy (non-hydrogen) atoms. The zero-order valence-electron chi connectivity index (χ0n) is 12.6. The van der Waals surface area contributed by atoms with Crippen molar-refractivity contribution in [1.29, 1.82) is 0 Å². The number of aromatic amines is 1. The van der Waals surface area contributed by atoms with Gasteiger partial charge in [0.05, 0.1) is 22.0 Å². The predicted octanol–water partition coefficient (Wildman–Crippen LogP) is 4.85. The lowest BCUT2D eigenvalue weighted by atomic mass is 10.1. The lowest BCUT2D eigenvalue weighted by Crippen LogP contribution is -2.11. The van der Waals surface area contributed by atoms with Crippen LogP contribution in [-0.4, -0.2) is 9.97 Å². The third kappa shape index (κ3) is 4.00. The Bertz CT molecular complexity index is 955. The van der Waals surface area contributed by atoms with E-state index in [1.165, 1.54) is 6.07 Å². The molecular weight excluding hydrogens is 355 g/mol. The molecule has 0 spiro atoms. The van der Waals surface area contributed by atoms with Gasteiger partial charge in [-0.05, 0) is 18.2 Å². The molecule has 3 rings (SSSR count). The van der Waals surface area contributed by atoms with Crippen LogP contribution in [0.25, 0.3) is 11.3 Å². The topological polar surface area (TPSA) is 57.8 Å². The number of rotatable bonds is 3. The van der Waals surface area contributed by atoms with Crippen LogP contribution in [0.15, 0.2) is 59.4 Å². The highest BCUT2D eigenvalue weighted by Gasteiger charge is 2.31. The van der Waals surface area contributed by atoms with E-state index in [0.29, 0.717) is 11.3 Å². The molecule has 0 unspecified atom stereocenters. The van der Waals surface area contributed by atoms with Crippen molar-refractivity contribution in [1.82, 2.24) is 9.97 Å². The molecule has 0 aliphatic carbocycles. The van der Waals surface area contributed by atoms with Crippen molar-refractivity contribution in [3.8, 4) is 11.3 Å².